The van der Waals surface area contributed by atoms with Crippen LogP contribution in [0.3, 0.4) is 0 Å². The molecule has 7 heteroatoms. The molecule has 5 rings (SSSR count). The molecule has 1 fully saturated rings. The minimum absolute atomic E-state index is 0.0140. The summed E-state index contributed by atoms with van der Waals surface area (Å²) in [5.41, 5.74) is 4.19. The predicted molar refractivity (Wildman–Crippen MR) is 122 cm³/mol. The lowest BCUT2D eigenvalue weighted by atomic mass is 9.84. The van der Waals surface area contributed by atoms with Crippen LogP contribution in [0.15, 0.2) is 59.7 Å². The first kappa shape index (κ1) is 21.1. The van der Waals surface area contributed by atoms with Crippen LogP contribution in [-0.4, -0.2) is 33.3 Å². The smallest absolute Gasteiger partial charge is 0.250 e. The van der Waals surface area contributed by atoms with Crippen molar-refractivity contribution in [2.24, 2.45) is 7.05 Å². The van der Waals surface area contributed by atoms with Crippen molar-refractivity contribution in [1.82, 2.24) is 14.5 Å². The molecule has 0 amide bonds. The molecule has 2 aliphatic rings. The Morgan fingerprint density at radius 2 is 1.84 bits per heavy atom. The van der Waals surface area contributed by atoms with Crippen LogP contribution in [-0.2, 0) is 30.5 Å². The lowest BCUT2D eigenvalue weighted by Gasteiger charge is -2.39. The highest BCUT2D eigenvalue weighted by Crippen LogP contribution is 2.43. The summed E-state index contributed by atoms with van der Waals surface area (Å²) >= 11 is 5.80. The van der Waals surface area contributed by atoms with Gasteiger partial charge in [0.05, 0.1) is 12.2 Å². The Labute approximate surface area is 191 Å². The number of halogens is 1. The first-order chi connectivity index (χ1) is 15.4. The topological polar surface area (TPSA) is 64.4 Å². The maximum absolute atomic E-state index is 12.6. The molecule has 0 aliphatic carbocycles. The van der Waals surface area contributed by atoms with Crippen LogP contribution in [0.4, 0.5) is 0 Å². The van der Waals surface area contributed by atoms with Crippen molar-refractivity contribution in [3.05, 3.63) is 98.2 Å². The van der Waals surface area contributed by atoms with Gasteiger partial charge in [-0.3, -0.25) is 14.5 Å². The van der Waals surface area contributed by atoms with Gasteiger partial charge in [-0.25, -0.2) is 4.98 Å². The van der Waals surface area contributed by atoms with E-state index < -0.39 is 0 Å². The van der Waals surface area contributed by atoms with E-state index in [1.54, 1.807) is 29.8 Å². The van der Waals surface area contributed by atoms with Crippen molar-refractivity contribution in [1.29, 1.82) is 0 Å². The van der Waals surface area contributed by atoms with E-state index in [9.17, 15) is 9.59 Å². The van der Waals surface area contributed by atoms with Crippen LogP contribution in [0.1, 0.15) is 45.5 Å². The molecular formula is C25H24ClN3O3. The monoisotopic (exact) mass is 449 g/mol. The van der Waals surface area contributed by atoms with Gasteiger partial charge >= 0.3 is 0 Å². The number of pyridine rings is 2. The minimum Gasteiger partial charge on any atom is -0.365 e. The fraction of sp³-hybridized carbons (Fsp3) is 0.320. The first-order valence-corrected chi connectivity index (χ1v) is 11.1. The lowest BCUT2D eigenvalue weighted by molar-refractivity contribution is -0.0799. The molecule has 1 saturated heterocycles. The van der Waals surface area contributed by atoms with Gasteiger partial charge in [-0.15, -0.1) is 0 Å². The van der Waals surface area contributed by atoms with Crippen LogP contribution in [0, 0.1) is 0 Å². The molecule has 1 aromatic carbocycles. The third kappa shape index (κ3) is 3.90. The van der Waals surface area contributed by atoms with Crippen LogP contribution in [0.5, 0.6) is 0 Å². The summed E-state index contributed by atoms with van der Waals surface area (Å²) in [4.78, 5) is 31.2. The summed E-state index contributed by atoms with van der Waals surface area (Å²) in [6, 6.07) is 12.8. The lowest BCUT2D eigenvalue weighted by Crippen LogP contribution is -2.42. The summed E-state index contributed by atoms with van der Waals surface area (Å²) in [5, 5.41) is 0.370. The van der Waals surface area contributed by atoms with Gasteiger partial charge in [0.25, 0.3) is 5.56 Å². The molecule has 2 aromatic heterocycles. The number of ether oxygens (including phenoxy) is 1. The van der Waals surface area contributed by atoms with E-state index in [1.165, 1.54) is 6.20 Å². The highest BCUT2D eigenvalue weighted by molar-refractivity contribution is 6.29. The number of ketones is 1. The molecule has 164 valence electrons. The molecule has 0 bridgehead atoms. The number of hydrogen-bond acceptors (Lipinski definition) is 5. The normalized spacial score (nSPS) is 17.4. The zero-order valence-electron chi connectivity index (χ0n) is 17.9. The molecule has 2 aliphatic heterocycles. The molecule has 0 atom stereocenters. The number of carbonyl (C=O) groups excluding carboxylic acids is 1. The summed E-state index contributed by atoms with van der Waals surface area (Å²) in [6.07, 6.45) is 5.14. The third-order valence-corrected chi connectivity index (χ3v) is 6.80. The van der Waals surface area contributed by atoms with Crippen molar-refractivity contribution in [2.75, 3.05) is 13.1 Å². The molecule has 4 heterocycles. The zero-order valence-corrected chi connectivity index (χ0v) is 18.6. The molecule has 0 radical (unpaired) electrons. The van der Waals surface area contributed by atoms with E-state index in [2.05, 4.69) is 9.88 Å². The fourth-order valence-corrected chi connectivity index (χ4v) is 4.81. The summed E-state index contributed by atoms with van der Waals surface area (Å²) in [7, 11) is 1.78. The second-order valence-electron chi connectivity index (χ2n) is 8.62. The molecule has 0 unspecified atom stereocenters. The van der Waals surface area contributed by atoms with E-state index in [1.807, 2.05) is 30.5 Å². The minimum atomic E-state index is -0.331. The van der Waals surface area contributed by atoms with E-state index >= 15 is 0 Å². The predicted octanol–water partition coefficient (Wildman–Crippen LogP) is 3.69. The van der Waals surface area contributed by atoms with Gasteiger partial charge in [0.2, 0.25) is 0 Å². The quantitative estimate of drug-likeness (QED) is 0.449. The zero-order chi connectivity index (χ0) is 22.3. The number of fused-ring (bicyclic) bond motifs is 2. The number of nitrogens with zero attached hydrogens (tertiary/aromatic N) is 3. The summed E-state index contributed by atoms with van der Waals surface area (Å²) in [6.45, 7) is 3.18. The number of likely N-dealkylation sites (tertiary alicyclic amines) is 1. The Kier molecular flexibility index (Phi) is 5.45. The third-order valence-electron chi connectivity index (χ3n) is 6.58. The van der Waals surface area contributed by atoms with Gasteiger partial charge in [0.1, 0.15) is 5.15 Å². The largest absolute Gasteiger partial charge is 0.365 e. The van der Waals surface area contributed by atoms with Crippen molar-refractivity contribution in [3.63, 3.8) is 0 Å². The number of aryl methyl sites for hydroxylation is 1. The van der Waals surface area contributed by atoms with E-state index in [0.717, 1.165) is 49.2 Å². The van der Waals surface area contributed by atoms with Gasteiger partial charge in [-0.1, -0.05) is 35.9 Å². The molecule has 6 nitrogen and oxygen atoms in total. The van der Waals surface area contributed by atoms with Crippen LogP contribution in [0.2, 0.25) is 5.15 Å². The van der Waals surface area contributed by atoms with Crippen molar-refractivity contribution < 1.29 is 9.53 Å². The SMILES string of the molecule is Cn1cc2c(cc1=O)C1(CCN(Cc3ccc(C(=O)c4ccc(Cl)nc4)cc3)CC1)OC2. The van der Waals surface area contributed by atoms with Crippen LogP contribution in [0.25, 0.3) is 0 Å². The highest BCUT2D eigenvalue weighted by atomic mass is 35.5. The van der Waals surface area contributed by atoms with Crippen molar-refractivity contribution >= 4 is 17.4 Å². The fourth-order valence-electron chi connectivity index (χ4n) is 4.70. The molecule has 3 aromatic rings. The molecule has 32 heavy (non-hydrogen) atoms. The molecule has 0 saturated carbocycles. The van der Waals surface area contributed by atoms with Crippen molar-refractivity contribution in [3.8, 4) is 0 Å². The van der Waals surface area contributed by atoms with E-state index in [0.29, 0.717) is 22.9 Å². The van der Waals surface area contributed by atoms with E-state index in [-0.39, 0.29) is 16.9 Å². The molecule has 0 N–H and O–H groups in total. The van der Waals surface area contributed by atoms with Crippen LogP contribution < -0.4 is 5.56 Å². The Morgan fingerprint density at radius 3 is 2.53 bits per heavy atom. The van der Waals surface area contributed by atoms with Gasteiger partial charge in [-0.05, 0) is 36.1 Å². The Bertz CT molecular complexity index is 1210. The van der Waals surface area contributed by atoms with Crippen LogP contribution >= 0.6 is 11.6 Å². The van der Waals surface area contributed by atoms with Crippen molar-refractivity contribution in [2.45, 2.75) is 31.6 Å². The Hall–Kier alpha value is -2.80. The Balaban J connectivity index is 1.23. The summed E-state index contributed by atoms with van der Waals surface area (Å²) < 4.78 is 7.84. The Morgan fingerprint density at radius 1 is 1.12 bits per heavy atom. The first-order valence-electron chi connectivity index (χ1n) is 10.8. The molecule has 1 spiro atoms. The van der Waals surface area contributed by atoms with E-state index in [4.69, 9.17) is 16.3 Å². The average Bonchev–Trinajstić information content (AvgIpc) is 3.13. The van der Waals surface area contributed by atoms with Gasteiger partial charge < -0.3 is 9.30 Å². The van der Waals surface area contributed by atoms with Gasteiger partial charge in [0.15, 0.2) is 5.78 Å². The molecular weight excluding hydrogens is 426 g/mol. The second-order valence-corrected chi connectivity index (χ2v) is 9.00. The standard InChI is InChI=1S/C25H24ClN3O3/c1-28-15-20-16-32-25(21(20)12-23(28)30)8-10-29(11-9-25)14-17-2-4-18(5-3-17)24(31)19-6-7-22(26)27-13-19/h2-7,12-13,15H,8-11,14,16H2,1H3. The average molecular weight is 450 g/mol. The highest BCUT2D eigenvalue weighted by Gasteiger charge is 2.43. The number of benzene rings is 1. The maximum atomic E-state index is 12.6. The maximum Gasteiger partial charge on any atom is 0.250 e. The number of hydrogen-bond donors (Lipinski definition) is 0. The number of piperidine rings is 1. The number of rotatable bonds is 4. The second kappa shape index (κ2) is 8.28. The number of carbonyl (C=O) groups is 1. The van der Waals surface area contributed by atoms with Gasteiger partial charge in [-0.2, -0.15) is 0 Å². The summed E-state index contributed by atoms with van der Waals surface area (Å²) in [5.74, 6) is -0.0659. The van der Waals surface area contributed by atoms with Gasteiger partial charge in [0, 0.05) is 61.8 Å². The number of aromatic nitrogens is 2.